The number of rotatable bonds is 2. The van der Waals surface area contributed by atoms with Crippen molar-refractivity contribution in [2.45, 2.75) is 24.7 Å². The van der Waals surface area contributed by atoms with Crippen LogP contribution >= 0.6 is 0 Å². The Morgan fingerprint density at radius 3 is 2.29 bits per heavy atom. The Kier molecular flexibility index (Phi) is 3.84. The fraction of sp³-hybridized carbons (Fsp3) is 0.364. The van der Waals surface area contributed by atoms with Crippen LogP contribution in [0, 0.1) is 11.5 Å². The van der Waals surface area contributed by atoms with Gasteiger partial charge in [0.15, 0.2) is 0 Å². The molecular weight excluding hydrogens is 192 g/mol. The maximum atomic E-state index is 8.43. The first-order chi connectivity index (χ1) is 6.65. The molecule has 0 spiro atoms. The Hall–Kier alpha value is -1.14. The van der Waals surface area contributed by atoms with Gasteiger partial charge in [-0.2, -0.15) is 5.26 Å². The van der Waals surface area contributed by atoms with Gasteiger partial charge in [0.25, 0.3) is 0 Å². The smallest absolute Gasteiger partial charge is 0.170 e. The molecule has 0 N–H and O–H groups in total. The third kappa shape index (κ3) is 2.68. The van der Waals surface area contributed by atoms with Crippen LogP contribution in [-0.2, 0) is 10.7 Å². The van der Waals surface area contributed by atoms with E-state index in [1.54, 1.807) is 0 Å². The lowest BCUT2D eigenvalue weighted by molar-refractivity contribution is 0.865. The van der Waals surface area contributed by atoms with Crippen molar-refractivity contribution in [3.05, 3.63) is 29.8 Å². The van der Waals surface area contributed by atoms with Crippen molar-refractivity contribution in [1.82, 2.24) is 0 Å². The molecule has 0 aliphatic rings. The molecule has 0 aliphatic carbocycles. The Balaban J connectivity index is 2.95. The first kappa shape index (κ1) is 10.9. The zero-order chi connectivity index (χ0) is 10.6. The summed E-state index contributed by atoms with van der Waals surface area (Å²) >= 11 is 0. The molecule has 1 atom stereocenters. The Morgan fingerprint density at radius 2 is 1.86 bits per heavy atom. The fourth-order valence-corrected chi connectivity index (χ4v) is 1.92. The maximum absolute atomic E-state index is 8.43. The monoisotopic (exact) mass is 206 g/mol. The van der Waals surface area contributed by atoms with Crippen LogP contribution in [0.1, 0.15) is 25.3 Å². The molecule has 2 nitrogen and oxygen atoms in total. The molecule has 0 saturated carbocycles. The average molecular weight is 206 g/mol. The fourth-order valence-electron chi connectivity index (χ4n) is 1.16. The van der Waals surface area contributed by atoms with Gasteiger partial charge in [-0.1, -0.05) is 36.7 Å². The van der Waals surface area contributed by atoms with Crippen LogP contribution in [0.25, 0.3) is 0 Å². The van der Waals surface area contributed by atoms with Gasteiger partial charge in [-0.3, -0.25) is 0 Å². The van der Waals surface area contributed by atoms with E-state index in [-0.39, 0.29) is 10.7 Å². The lowest BCUT2D eigenvalue weighted by Gasteiger charge is -2.06. The number of hydrogen-bond donors (Lipinski definition) is 0. The van der Waals surface area contributed by atoms with E-state index in [4.69, 9.17) is 5.26 Å². The number of hydrogen-bond acceptors (Lipinski definition) is 2. The van der Waals surface area contributed by atoms with Crippen molar-refractivity contribution in [1.29, 1.82) is 5.26 Å². The molecule has 0 fully saturated rings. The lowest BCUT2D eigenvalue weighted by Crippen LogP contribution is -1.90. The van der Waals surface area contributed by atoms with Gasteiger partial charge in [0.05, 0.1) is 0 Å². The van der Waals surface area contributed by atoms with Crippen molar-refractivity contribution in [3.63, 3.8) is 0 Å². The van der Waals surface area contributed by atoms with E-state index in [9.17, 15) is 0 Å². The van der Waals surface area contributed by atoms with Crippen LogP contribution in [0.3, 0.4) is 0 Å². The standard InChI is InChI=1S/C11H14N2S/c1-9(2)10-4-6-11(7-5-10)14(3)13-8-12/h4-7,9H,1-3H3. The molecule has 0 aliphatic heterocycles. The zero-order valence-corrected chi connectivity index (χ0v) is 9.51. The largest absolute Gasteiger partial charge is 0.212 e. The van der Waals surface area contributed by atoms with Crippen LogP contribution < -0.4 is 0 Å². The van der Waals surface area contributed by atoms with E-state index in [1.807, 2.05) is 12.4 Å². The highest BCUT2D eigenvalue weighted by atomic mass is 32.2. The van der Waals surface area contributed by atoms with Gasteiger partial charge in [-0.05, 0) is 29.9 Å². The molecule has 3 heteroatoms. The summed E-state index contributed by atoms with van der Waals surface area (Å²) in [6.07, 6.45) is 3.79. The van der Waals surface area contributed by atoms with Crippen LogP contribution in [0.15, 0.2) is 33.5 Å². The molecule has 0 amide bonds. The Bertz CT molecular complexity index is 371. The first-order valence-electron chi connectivity index (χ1n) is 4.51. The van der Waals surface area contributed by atoms with Crippen LogP contribution in [0.2, 0.25) is 0 Å². The van der Waals surface area contributed by atoms with Crippen molar-refractivity contribution in [3.8, 4) is 6.19 Å². The summed E-state index contributed by atoms with van der Waals surface area (Å²) in [5.74, 6) is 0.551. The summed E-state index contributed by atoms with van der Waals surface area (Å²) < 4.78 is 3.80. The summed E-state index contributed by atoms with van der Waals surface area (Å²) in [6, 6.07) is 8.32. The van der Waals surface area contributed by atoms with Gasteiger partial charge >= 0.3 is 0 Å². The Morgan fingerprint density at radius 1 is 1.29 bits per heavy atom. The lowest BCUT2D eigenvalue weighted by atomic mass is 10.0. The molecule has 0 radical (unpaired) electrons. The predicted octanol–water partition coefficient (Wildman–Crippen LogP) is 3.08. The second kappa shape index (κ2) is 4.92. The average Bonchev–Trinajstić information content (AvgIpc) is 2.18. The molecule has 0 heterocycles. The first-order valence-corrected chi connectivity index (χ1v) is 6.10. The minimum atomic E-state index is -0.291. The van der Waals surface area contributed by atoms with Gasteiger partial charge in [-0.25, -0.2) is 0 Å². The third-order valence-electron chi connectivity index (χ3n) is 2.07. The molecule has 14 heavy (non-hydrogen) atoms. The van der Waals surface area contributed by atoms with Gasteiger partial charge < -0.3 is 0 Å². The van der Waals surface area contributed by atoms with E-state index in [0.29, 0.717) is 5.92 Å². The molecule has 0 bridgehead atoms. The predicted molar refractivity (Wildman–Crippen MR) is 60.1 cm³/mol. The topological polar surface area (TPSA) is 36.1 Å². The summed E-state index contributed by atoms with van der Waals surface area (Å²) in [5.41, 5.74) is 1.32. The van der Waals surface area contributed by atoms with E-state index in [0.717, 1.165) is 4.90 Å². The van der Waals surface area contributed by atoms with E-state index in [1.165, 1.54) is 5.56 Å². The van der Waals surface area contributed by atoms with Crippen LogP contribution in [0.5, 0.6) is 0 Å². The molecule has 0 aromatic heterocycles. The minimum Gasteiger partial charge on any atom is -0.170 e. The second-order valence-corrected chi connectivity index (χ2v) is 5.00. The highest BCUT2D eigenvalue weighted by molar-refractivity contribution is 7.86. The van der Waals surface area contributed by atoms with E-state index < -0.39 is 0 Å². The van der Waals surface area contributed by atoms with Gasteiger partial charge in [0.1, 0.15) is 0 Å². The minimum absolute atomic E-state index is 0.291. The van der Waals surface area contributed by atoms with Gasteiger partial charge in [0.2, 0.25) is 6.19 Å². The van der Waals surface area contributed by atoms with Gasteiger partial charge in [-0.15, -0.1) is 4.36 Å². The van der Waals surface area contributed by atoms with Gasteiger partial charge in [0, 0.05) is 4.90 Å². The van der Waals surface area contributed by atoms with Crippen molar-refractivity contribution in [2.24, 2.45) is 4.36 Å². The SMILES string of the molecule is CC(C)c1ccc(S(C)=NC#N)cc1. The number of nitriles is 1. The summed E-state index contributed by atoms with van der Waals surface area (Å²) in [6.45, 7) is 4.33. The summed E-state index contributed by atoms with van der Waals surface area (Å²) in [4.78, 5) is 1.12. The van der Waals surface area contributed by atoms with Crippen molar-refractivity contribution >= 4 is 10.7 Å². The van der Waals surface area contributed by atoms with E-state index in [2.05, 4.69) is 42.5 Å². The second-order valence-electron chi connectivity index (χ2n) is 3.39. The van der Waals surface area contributed by atoms with Crippen LogP contribution in [0.4, 0.5) is 0 Å². The van der Waals surface area contributed by atoms with Crippen molar-refractivity contribution in [2.75, 3.05) is 6.26 Å². The molecule has 0 saturated heterocycles. The third-order valence-corrected chi connectivity index (χ3v) is 3.38. The Labute approximate surface area is 87.7 Å². The highest BCUT2D eigenvalue weighted by Gasteiger charge is 1.99. The molecule has 1 aromatic rings. The number of nitrogens with zero attached hydrogens (tertiary/aromatic N) is 2. The van der Waals surface area contributed by atoms with Crippen LogP contribution in [-0.4, -0.2) is 6.26 Å². The maximum Gasteiger partial charge on any atom is 0.212 e. The summed E-state index contributed by atoms with van der Waals surface area (Å²) in [5, 5.41) is 8.43. The molecule has 1 aromatic carbocycles. The molecule has 1 rings (SSSR count). The molecule has 74 valence electrons. The number of benzene rings is 1. The quantitative estimate of drug-likeness (QED) is 0.685. The normalized spacial score (nSPS) is 12.8. The highest BCUT2D eigenvalue weighted by Crippen LogP contribution is 2.16. The van der Waals surface area contributed by atoms with Crippen molar-refractivity contribution < 1.29 is 0 Å². The summed E-state index contributed by atoms with van der Waals surface area (Å²) in [7, 11) is -0.291. The van der Waals surface area contributed by atoms with E-state index >= 15 is 0 Å². The molecule has 1 unspecified atom stereocenters. The molecular formula is C11H14N2S. The zero-order valence-electron chi connectivity index (χ0n) is 8.69.